The number of carbonyl (C=O) groups is 5. The number of hydrogen-bond donors (Lipinski definition) is 11. The zero-order valence-electron chi connectivity index (χ0n) is 23.2. The molecule has 0 aromatic rings. The lowest BCUT2D eigenvalue weighted by atomic mass is 9.96. The number of nitrogens with two attached hydrogens (primary N) is 3. The van der Waals surface area contributed by atoms with Crippen molar-refractivity contribution in [3.8, 4) is 0 Å². The number of aliphatic hydroxyl groups is 2. The van der Waals surface area contributed by atoms with E-state index < -0.39 is 77.9 Å². The molecule has 0 aliphatic heterocycles. The number of aliphatic carboxylic acids is 1. The molecular formula is C23H44N8O8S. The average molecular weight is 593 g/mol. The van der Waals surface area contributed by atoms with Gasteiger partial charge in [-0.3, -0.25) is 24.2 Å². The number of guanidine groups is 1. The maximum absolute atomic E-state index is 13.3. The molecular weight excluding hydrogens is 548 g/mol. The molecule has 0 fully saturated rings. The zero-order valence-corrected chi connectivity index (χ0v) is 24.1. The standard InChI is InChI=1S/C23H44N8O8S/c1-5-10(2)16(20(36)31-17(12(4)33)21(37)29-14(9-40)22(38)39)30-18(34)13(7-6-8-27-23(25)26)28-19(35)15(24)11(3)32/h10-17,32-33,40H,5-9,24H2,1-4H3,(H,28,35)(H,29,37)(H,30,34)(H,31,36)(H,38,39)(H4,25,26,27)/t10-,11+,12+,13-,14-,15-,16-,17-/m0/s1. The molecule has 0 saturated carbocycles. The van der Waals surface area contributed by atoms with Crippen LogP contribution in [0.2, 0.25) is 0 Å². The molecule has 40 heavy (non-hydrogen) atoms. The number of hydrogen-bond acceptors (Lipinski definition) is 10. The topological polar surface area (TPSA) is 285 Å². The monoisotopic (exact) mass is 592 g/mol. The zero-order chi connectivity index (χ0) is 31.2. The number of carboxylic acids is 1. The van der Waals surface area contributed by atoms with Crippen LogP contribution in [-0.2, 0) is 24.0 Å². The first-order valence-electron chi connectivity index (χ1n) is 12.8. The predicted octanol–water partition coefficient (Wildman–Crippen LogP) is -3.87. The van der Waals surface area contributed by atoms with E-state index in [1.165, 1.54) is 13.8 Å². The molecule has 4 amide bonds. The highest BCUT2D eigenvalue weighted by molar-refractivity contribution is 7.80. The van der Waals surface area contributed by atoms with Crippen LogP contribution in [0.1, 0.15) is 47.0 Å². The first kappa shape index (κ1) is 36.8. The fourth-order valence-corrected chi connectivity index (χ4v) is 3.56. The molecule has 13 N–H and O–H groups in total. The highest BCUT2D eigenvalue weighted by Crippen LogP contribution is 2.11. The van der Waals surface area contributed by atoms with Crippen LogP contribution in [0.5, 0.6) is 0 Å². The van der Waals surface area contributed by atoms with Crippen molar-refractivity contribution in [3.63, 3.8) is 0 Å². The molecule has 230 valence electrons. The molecule has 0 unspecified atom stereocenters. The van der Waals surface area contributed by atoms with Gasteiger partial charge in [0, 0.05) is 12.3 Å². The van der Waals surface area contributed by atoms with Crippen LogP contribution in [-0.4, -0.2) is 106 Å². The molecule has 0 aromatic heterocycles. The Morgan fingerprint density at radius 1 is 0.825 bits per heavy atom. The van der Waals surface area contributed by atoms with Crippen LogP contribution < -0.4 is 38.5 Å². The molecule has 17 heteroatoms. The number of rotatable bonds is 18. The summed E-state index contributed by atoms with van der Waals surface area (Å²) in [5.74, 6) is -5.56. The minimum atomic E-state index is -1.54. The maximum atomic E-state index is 13.3. The second-order valence-electron chi connectivity index (χ2n) is 9.46. The molecule has 0 saturated heterocycles. The van der Waals surface area contributed by atoms with Gasteiger partial charge >= 0.3 is 5.97 Å². The second kappa shape index (κ2) is 18.2. The van der Waals surface area contributed by atoms with Crippen molar-refractivity contribution >= 4 is 48.2 Å². The summed E-state index contributed by atoms with van der Waals surface area (Å²) >= 11 is 3.87. The number of nitrogens with one attached hydrogen (secondary N) is 4. The Labute approximate surface area is 238 Å². The molecule has 0 bridgehead atoms. The number of carbonyl (C=O) groups excluding carboxylic acids is 4. The second-order valence-corrected chi connectivity index (χ2v) is 9.82. The van der Waals surface area contributed by atoms with Crippen molar-refractivity contribution in [2.24, 2.45) is 28.1 Å². The van der Waals surface area contributed by atoms with E-state index in [1.807, 2.05) is 0 Å². The molecule has 0 aliphatic rings. The quantitative estimate of drug-likeness (QED) is 0.0317. The third-order valence-electron chi connectivity index (χ3n) is 6.05. The SMILES string of the molecule is CC[C@H](C)[C@H](NC(=O)[C@H](CCCN=C(N)N)NC(=O)[C@@H](N)[C@@H](C)O)C(=O)N[C@H](C(=O)N[C@@H](CS)C(=O)O)[C@@H](C)O. The smallest absolute Gasteiger partial charge is 0.327 e. The van der Waals surface area contributed by atoms with Crippen molar-refractivity contribution in [1.82, 2.24) is 21.3 Å². The summed E-state index contributed by atoms with van der Waals surface area (Å²) in [4.78, 5) is 66.7. The van der Waals surface area contributed by atoms with Crippen LogP contribution >= 0.6 is 12.6 Å². The van der Waals surface area contributed by atoms with Crippen molar-refractivity contribution in [3.05, 3.63) is 0 Å². The maximum Gasteiger partial charge on any atom is 0.327 e. The van der Waals surface area contributed by atoms with Gasteiger partial charge in [-0.1, -0.05) is 20.3 Å². The lowest BCUT2D eigenvalue weighted by Gasteiger charge is -2.29. The van der Waals surface area contributed by atoms with E-state index >= 15 is 0 Å². The summed E-state index contributed by atoms with van der Waals surface area (Å²) in [7, 11) is 0. The van der Waals surface area contributed by atoms with Gasteiger partial charge in [0.1, 0.15) is 30.2 Å². The van der Waals surface area contributed by atoms with Crippen molar-refractivity contribution in [2.75, 3.05) is 12.3 Å². The molecule has 0 spiro atoms. The first-order valence-corrected chi connectivity index (χ1v) is 13.4. The van der Waals surface area contributed by atoms with E-state index in [9.17, 15) is 34.2 Å². The summed E-state index contributed by atoms with van der Waals surface area (Å²) < 4.78 is 0. The van der Waals surface area contributed by atoms with Gasteiger partial charge in [0.05, 0.1) is 12.2 Å². The minimum absolute atomic E-state index is 0.0503. The molecule has 0 radical (unpaired) electrons. The number of nitrogens with zero attached hydrogens (tertiary/aromatic N) is 1. The van der Waals surface area contributed by atoms with E-state index in [2.05, 4.69) is 38.9 Å². The van der Waals surface area contributed by atoms with Crippen LogP contribution in [0.3, 0.4) is 0 Å². The summed E-state index contributed by atoms with van der Waals surface area (Å²) in [5, 5.41) is 38.5. The first-order chi connectivity index (χ1) is 18.6. The van der Waals surface area contributed by atoms with Gasteiger partial charge in [0.15, 0.2) is 5.96 Å². The summed E-state index contributed by atoms with van der Waals surface area (Å²) in [6.07, 6.45) is -1.89. The van der Waals surface area contributed by atoms with Gasteiger partial charge < -0.3 is 53.8 Å². The molecule has 0 heterocycles. The van der Waals surface area contributed by atoms with Crippen molar-refractivity contribution in [1.29, 1.82) is 0 Å². The molecule has 0 aliphatic carbocycles. The highest BCUT2D eigenvalue weighted by Gasteiger charge is 2.35. The van der Waals surface area contributed by atoms with Gasteiger partial charge in [0.2, 0.25) is 23.6 Å². The van der Waals surface area contributed by atoms with E-state index in [0.717, 1.165) is 0 Å². The van der Waals surface area contributed by atoms with Crippen LogP contribution in [0.25, 0.3) is 0 Å². The summed E-state index contributed by atoms with van der Waals surface area (Å²) in [6, 6.07) is -6.63. The Kier molecular flexibility index (Phi) is 16.8. The number of thiol groups is 1. The average Bonchev–Trinajstić information content (AvgIpc) is 2.88. The van der Waals surface area contributed by atoms with Gasteiger partial charge in [-0.2, -0.15) is 12.6 Å². The van der Waals surface area contributed by atoms with Gasteiger partial charge in [-0.15, -0.1) is 0 Å². The van der Waals surface area contributed by atoms with Crippen LogP contribution in [0.15, 0.2) is 4.99 Å². The molecule has 8 atom stereocenters. The van der Waals surface area contributed by atoms with Gasteiger partial charge in [-0.25, -0.2) is 4.79 Å². The molecule has 16 nitrogen and oxygen atoms in total. The number of aliphatic imine (C=N–C) groups is 1. The van der Waals surface area contributed by atoms with Gasteiger partial charge in [0.25, 0.3) is 0 Å². The Balaban J connectivity index is 5.87. The van der Waals surface area contributed by atoms with E-state index in [-0.39, 0.29) is 31.1 Å². The number of carboxylic acid groups (broad SMARTS) is 1. The normalized spacial score (nSPS) is 17.0. The van der Waals surface area contributed by atoms with E-state index in [1.54, 1.807) is 13.8 Å². The molecule has 0 rings (SSSR count). The van der Waals surface area contributed by atoms with Crippen LogP contribution in [0, 0.1) is 5.92 Å². The van der Waals surface area contributed by atoms with Crippen LogP contribution in [0.4, 0.5) is 0 Å². The Bertz CT molecular complexity index is 900. The third-order valence-corrected chi connectivity index (χ3v) is 6.42. The molecule has 0 aromatic carbocycles. The lowest BCUT2D eigenvalue weighted by molar-refractivity contribution is -0.142. The predicted molar refractivity (Wildman–Crippen MR) is 150 cm³/mol. The highest BCUT2D eigenvalue weighted by atomic mass is 32.1. The van der Waals surface area contributed by atoms with E-state index in [4.69, 9.17) is 22.3 Å². The lowest BCUT2D eigenvalue weighted by Crippen LogP contribution is -2.62. The largest absolute Gasteiger partial charge is 0.480 e. The minimum Gasteiger partial charge on any atom is -0.480 e. The Hall–Kier alpha value is -3.15. The Morgan fingerprint density at radius 3 is 1.80 bits per heavy atom. The number of aliphatic hydroxyl groups excluding tert-OH is 2. The Morgan fingerprint density at radius 2 is 1.35 bits per heavy atom. The van der Waals surface area contributed by atoms with E-state index in [0.29, 0.717) is 6.42 Å². The summed E-state index contributed by atoms with van der Waals surface area (Å²) in [6.45, 7) is 6.11. The fourth-order valence-electron chi connectivity index (χ4n) is 3.31. The fraction of sp³-hybridized carbons (Fsp3) is 0.739. The number of amides is 4. The summed E-state index contributed by atoms with van der Waals surface area (Å²) in [5.41, 5.74) is 16.3. The third kappa shape index (κ3) is 12.8. The van der Waals surface area contributed by atoms with Crippen molar-refractivity contribution in [2.45, 2.75) is 89.4 Å². The van der Waals surface area contributed by atoms with Gasteiger partial charge in [-0.05, 0) is 32.6 Å². The van der Waals surface area contributed by atoms with Crippen molar-refractivity contribution < 1.29 is 39.3 Å².